The van der Waals surface area contributed by atoms with E-state index >= 15 is 0 Å². The first-order valence-corrected chi connectivity index (χ1v) is 13.0. The zero-order chi connectivity index (χ0) is 26.2. The van der Waals surface area contributed by atoms with Crippen molar-refractivity contribution in [2.45, 2.75) is 11.3 Å². The smallest absolute Gasteiger partial charge is 0.337 e. The van der Waals surface area contributed by atoms with Crippen molar-refractivity contribution in [3.8, 4) is 0 Å². The lowest BCUT2D eigenvalue weighted by Crippen LogP contribution is -2.31. The fourth-order valence-electron chi connectivity index (χ4n) is 3.72. The number of amides is 3. The summed E-state index contributed by atoms with van der Waals surface area (Å²) in [6.45, 7) is 0.0488. The average molecular weight is 619 g/mol. The van der Waals surface area contributed by atoms with Gasteiger partial charge in [-0.05, 0) is 83.1 Å². The third-order valence-corrected chi connectivity index (χ3v) is 7.17. The first-order chi connectivity index (χ1) is 17.0. The van der Waals surface area contributed by atoms with E-state index in [1.54, 1.807) is 18.2 Å². The summed E-state index contributed by atoms with van der Waals surface area (Å²) in [5.74, 6) is -2.90. The molecule has 0 unspecified atom stereocenters. The molecule has 0 spiro atoms. The molecule has 10 nitrogen and oxygen atoms in total. The molecule has 36 heavy (non-hydrogen) atoms. The van der Waals surface area contributed by atoms with Crippen LogP contribution >= 0.6 is 22.6 Å². The molecule has 0 saturated heterocycles. The number of sulfonamides is 1. The van der Waals surface area contributed by atoms with Crippen LogP contribution in [0.4, 0.5) is 5.69 Å². The first-order valence-electron chi connectivity index (χ1n) is 10.4. The summed E-state index contributed by atoms with van der Waals surface area (Å²) in [5.41, 5.74) is 1.03. The molecule has 1 aliphatic heterocycles. The Labute approximate surface area is 219 Å². The van der Waals surface area contributed by atoms with E-state index in [1.165, 1.54) is 42.5 Å². The minimum Gasteiger partial charge on any atom is -0.478 e. The molecule has 1 aliphatic rings. The van der Waals surface area contributed by atoms with E-state index in [4.69, 9.17) is 5.14 Å². The Morgan fingerprint density at radius 2 is 1.61 bits per heavy atom. The van der Waals surface area contributed by atoms with E-state index in [0.717, 1.165) is 4.90 Å². The Kier molecular flexibility index (Phi) is 6.93. The van der Waals surface area contributed by atoms with Crippen molar-refractivity contribution >= 4 is 62.0 Å². The van der Waals surface area contributed by atoms with E-state index in [2.05, 4.69) is 5.32 Å². The maximum Gasteiger partial charge on any atom is 0.337 e. The molecule has 3 aromatic carbocycles. The van der Waals surface area contributed by atoms with Crippen LogP contribution in [0.25, 0.3) is 0 Å². The highest BCUT2D eigenvalue weighted by molar-refractivity contribution is 14.1. The zero-order valence-electron chi connectivity index (χ0n) is 18.4. The number of nitrogens with zero attached hydrogens (tertiary/aromatic N) is 1. The van der Waals surface area contributed by atoms with Gasteiger partial charge in [-0.3, -0.25) is 19.3 Å². The third kappa shape index (κ3) is 5.15. The number of anilines is 1. The number of primary sulfonamides is 1. The number of imide groups is 1. The van der Waals surface area contributed by atoms with Crippen molar-refractivity contribution in [2.75, 3.05) is 11.9 Å². The number of nitrogens with two attached hydrogens (primary N) is 1. The summed E-state index contributed by atoms with van der Waals surface area (Å²) in [5, 5.41) is 17.0. The molecular weight excluding hydrogens is 601 g/mol. The van der Waals surface area contributed by atoms with Crippen LogP contribution in [0.3, 0.4) is 0 Å². The number of halogens is 1. The molecule has 0 aromatic heterocycles. The molecule has 0 atom stereocenters. The van der Waals surface area contributed by atoms with Gasteiger partial charge in [0.2, 0.25) is 10.0 Å². The lowest BCUT2D eigenvalue weighted by molar-refractivity contribution is 0.0652. The molecule has 1 heterocycles. The number of rotatable bonds is 7. The van der Waals surface area contributed by atoms with Crippen LogP contribution in [0.2, 0.25) is 0 Å². The van der Waals surface area contributed by atoms with Gasteiger partial charge in [0.1, 0.15) is 0 Å². The zero-order valence-corrected chi connectivity index (χ0v) is 21.4. The quantitative estimate of drug-likeness (QED) is 0.270. The average Bonchev–Trinajstić information content (AvgIpc) is 3.07. The van der Waals surface area contributed by atoms with Crippen molar-refractivity contribution < 1.29 is 32.7 Å². The normalized spacial score (nSPS) is 13.0. The van der Waals surface area contributed by atoms with Gasteiger partial charge in [0, 0.05) is 15.7 Å². The SMILES string of the molecule is NS(=O)(=O)c1ccc(CCN2C(=O)c3ccc(C(=O)Nc4ccc(I)cc4C(=O)O)cc3C2=O)cc1. The molecule has 3 amide bonds. The molecule has 0 bridgehead atoms. The molecule has 0 saturated carbocycles. The second kappa shape index (κ2) is 9.79. The van der Waals surface area contributed by atoms with Gasteiger partial charge in [-0.15, -0.1) is 0 Å². The molecule has 12 heteroatoms. The summed E-state index contributed by atoms with van der Waals surface area (Å²) < 4.78 is 23.5. The van der Waals surface area contributed by atoms with E-state index < -0.39 is 33.7 Å². The highest BCUT2D eigenvalue weighted by atomic mass is 127. The fraction of sp³-hybridized carbons (Fsp3) is 0.0833. The summed E-state index contributed by atoms with van der Waals surface area (Å²) in [4.78, 5) is 51.0. The van der Waals surface area contributed by atoms with Gasteiger partial charge in [-0.2, -0.15) is 0 Å². The summed E-state index contributed by atoms with van der Waals surface area (Å²) in [6.07, 6.45) is 0.286. The molecule has 184 valence electrons. The van der Waals surface area contributed by atoms with Crippen LogP contribution in [-0.2, 0) is 16.4 Å². The Balaban J connectivity index is 1.50. The highest BCUT2D eigenvalue weighted by Gasteiger charge is 2.35. The maximum atomic E-state index is 12.9. The number of aromatic carboxylic acids is 1. The predicted molar refractivity (Wildman–Crippen MR) is 137 cm³/mol. The van der Waals surface area contributed by atoms with Crippen molar-refractivity contribution in [1.82, 2.24) is 4.90 Å². The van der Waals surface area contributed by atoms with Gasteiger partial charge in [-0.25, -0.2) is 18.4 Å². The minimum atomic E-state index is -3.82. The number of nitrogens with one attached hydrogen (secondary N) is 1. The molecule has 0 radical (unpaired) electrons. The third-order valence-electron chi connectivity index (χ3n) is 5.57. The molecule has 3 aromatic rings. The lowest BCUT2D eigenvalue weighted by Gasteiger charge is -2.13. The Morgan fingerprint density at radius 3 is 2.25 bits per heavy atom. The molecule has 0 fully saturated rings. The van der Waals surface area contributed by atoms with E-state index in [-0.39, 0.29) is 45.8 Å². The maximum absolute atomic E-state index is 12.9. The Morgan fingerprint density at radius 1 is 0.944 bits per heavy atom. The Bertz CT molecular complexity index is 1540. The second-order valence-electron chi connectivity index (χ2n) is 7.91. The monoisotopic (exact) mass is 619 g/mol. The van der Waals surface area contributed by atoms with E-state index in [0.29, 0.717) is 9.13 Å². The predicted octanol–water partition coefficient (Wildman–Crippen LogP) is 2.73. The van der Waals surface area contributed by atoms with Crippen LogP contribution < -0.4 is 10.5 Å². The van der Waals surface area contributed by atoms with Crippen molar-refractivity contribution in [2.24, 2.45) is 5.14 Å². The molecule has 4 N–H and O–H groups in total. The molecule has 0 aliphatic carbocycles. The summed E-state index contributed by atoms with van der Waals surface area (Å²) >= 11 is 1.96. The number of fused-ring (bicyclic) bond motifs is 1. The van der Waals surface area contributed by atoms with Gasteiger partial charge in [0.15, 0.2) is 0 Å². The van der Waals surface area contributed by atoms with Gasteiger partial charge >= 0.3 is 5.97 Å². The fourth-order valence-corrected chi connectivity index (χ4v) is 4.73. The first kappa shape index (κ1) is 25.5. The van der Waals surface area contributed by atoms with Crippen LogP contribution in [0.1, 0.15) is 47.0 Å². The van der Waals surface area contributed by atoms with Gasteiger partial charge in [-0.1, -0.05) is 12.1 Å². The van der Waals surface area contributed by atoms with Gasteiger partial charge in [0.25, 0.3) is 17.7 Å². The van der Waals surface area contributed by atoms with Crippen molar-refractivity contribution in [3.63, 3.8) is 0 Å². The number of benzene rings is 3. The van der Waals surface area contributed by atoms with Crippen LogP contribution in [-0.4, -0.2) is 48.7 Å². The van der Waals surface area contributed by atoms with Crippen LogP contribution in [0, 0.1) is 3.57 Å². The van der Waals surface area contributed by atoms with Crippen LogP contribution in [0.15, 0.2) is 65.6 Å². The van der Waals surface area contributed by atoms with E-state index in [1.807, 2.05) is 22.6 Å². The number of carboxylic acid groups (broad SMARTS) is 1. The van der Waals surface area contributed by atoms with Crippen molar-refractivity contribution in [3.05, 3.63) is 92.1 Å². The van der Waals surface area contributed by atoms with Crippen LogP contribution in [0.5, 0.6) is 0 Å². The van der Waals surface area contributed by atoms with E-state index in [9.17, 15) is 32.7 Å². The number of carbonyl (C=O) groups is 4. The topological polar surface area (TPSA) is 164 Å². The van der Waals surface area contributed by atoms with Crippen molar-refractivity contribution in [1.29, 1.82) is 0 Å². The molecule has 4 rings (SSSR count). The number of carboxylic acids is 1. The summed E-state index contributed by atoms with van der Waals surface area (Å²) in [6, 6.07) is 14.4. The van der Waals surface area contributed by atoms with Gasteiger partial charge in [0.05, 0.1) is 27.3 Å². The number of hydrogen-bond acceptors (Lipinski definition) is 6. The largest absolute Gasteiger partial charge is 0.478 e. The standard InChI is InChI=1S/C24H18IN3O7S/c25-15-4-8-20(19(12-15)24(32)33)27-21(29)14-3-7-17-18(11-14)23(31)28(22(17)30)10-9-13-1-5-16(6-2-13)36(26,34)35/h1-8,11-12H,9-10H2,(H,27,29)(H,32,33)(H2,26,34,35). The summed E-state index contributed by atoms with van der Waals surface area (Å²) in [7, 11) is -3.82. The lowest BCUT2D eigenvalue weighted by atomic mass is 10.0. The number of hydrogen-bond donors (Lipinski definition) is 3. The second-order valence-corrected chi connectivity index (χ2v) is 10.7. The Hall–Kier alpha value is -3.62. The number of carbonyl (C=O) groups excluding carboxylic acids is 3. The highest BCUT2D eigenvalue weighted by Crippen LogP contribution is 2.26. The molecular formula is C24H18IN3O7S. The van der Waals surface area contributed by atoms with Gasteiger partial charge < -0.3 is 10.4 Å². The minimum absolute atomic E-state index is 0.0431.